The topological polar surface area (TPSA) is 54.5 Å². The maximum absolute atomic E-state index is 12.0. The molecule has 1 unspecified atom stereocenters. The number of nitrogens with one attached hydrogen (secondary N) is 1. The average Bonchev–Trinajstić information content (AvgIpc) is 2.92. The predicted octanol–water partition coefficient (Wildman–Crippen LogP) is 2.37. The number of hydrogen-bond donors (Lipinski definition) is 1. The second-order valence-electron chi connectivity index (χ2n) is 7.63. The summed E-state index contributed by atoms with van der Waals surface area (Å²) < 4.78 is 6.18. The van der Waals surface area contributed by atoms with Gasteiger partial charge in [0.25, 0.3) is 0 Å². The summed E-state index contributed by atoms with van der Waals surface area (Å²) in [5.41, 5.74) is 1.28. The van der Waals surface area contributed by atoms with Crippen molar-refractivity contribution in [2.24, 2.45) is 5.92 Å². The molecule has 5 heteroatoms. The number of piperidine rings is 1. The third-order valence-electron chi connectivity index (χ3n) is 5.11. The fourth-order valence-corrected chi connectivity index (χ4v) is 3.93. The molecular weight excluding hydrogens is 302 g/mol. The Balaban J connectivity index is 1.45. The summed E-state index contributed by atoms with van der Waals surface area (Å²) in [4.78, 5) is 18.6. The lowest BCUT2D eigenvalue weighted by atomic mass is 9.84. The minimum absolute atomic E-state index is 0.00815. The van der Waals surface area contributed by atoms with Crippen LogP contribution in [0.2, 0.25) is 0 Å². The van der Waals surface area contributed by atoms with Gasteiger partial charge in [-0.1, -0.05) is 6.07 Å². The van der Waals surface area contributed by atoms with Crippen LogP contribution in [0.4, 0.5) is 0 Å². The SMILES string of the molecule is CC(C)NC(=O)CC1COC2(CCN(Cc3cccnc3)CC2)C1. The van der Waals surface area contributed by atoms with Gasteiger partial charge in [0.05, 0.1) is 12.2 Å². The fraction of sp³-hybridized carbons (Fsp3) is 0.684. The van der Waals surface area contributed by atoms with Gasteiger partial charge >= 0.3 is 0 Å². The summed E-state index contributed by atoms with van der Waals surface area (Å²) in [6.45, 7) is 7.81. The monoisotopic (exact) mass is 331 g/mol. The highest BCUT2D eigenvalue weighted by atomic mass is 16.5. The number of ether oxygens (including phenoxy) is 1. The molecule has 1 N–H and O–H groups in total. The molecule has 3 rings (SSSR count). The molecule has 2 fully saturated rings. The van der Waals surface area contributed by atoms with Crippen molar-refractivity contribution in [3.63, 3.8) is 0 Å². The summed E-state index contributed by atoms with van der Waals surface area (Å²) in [5.74, 6) is 0.526. The molecular formula is C19H29N3O2. The van der Waals surface area contributed by atoms with Gasteiger partial charge in [-0.2, -0.15) is 0 Å². The van der Waals surface area contributed by atoms with E-state index in [9.17, 15) is 4.79 Å². The number of hydrogen-bond acceptors (Lipinski definition) is 4. The molecule has 0 radical (unpaired) electrons. The standard InChI is InChI=1S/C19H29N3O2/c1-15(2)21-18(23)10-17-11-19(24-14-17)5-8-22(9-6-19)13-16-4-3-7-20-12-16/h3-4,7,12,15,17H,5-6,8-11,13-14H2,1-2H3,(H,21,23). The van der Waals surface area contributed by atoms with Crippen LogP contribution in [0.5, 0.6) is 0 Å². The number of carbonyl (C=O) groups is 1. The third kappa shape index (κ3) is 4.54. The molecule has 2 aliphatic heterocycles. The summed E-state index contributed by atoms with van der Waals surface area (Å²) in [6.07, 6.45) is 7.51. The van der Waals surface area contributed by atoms with Gasteiger partial charge in [0.15, 0.2) is 0 Å². The van der Waals surface area contributed by atoms with Crippen LogP contribution in [0.3, 0.4) is 0 Å². The summed E-state index contributed by atoms with van der Waals surface area (Å²) >= 11 is 0. The highest BCUT2D eigenvalue weighted by Gasteiger charge is 2.42. The van der Waals surface area contributed by atoms with Crippen molar-refractivity contribution in [3.05, 3.63) is 30.1 Å². The molecule has 1 atom stereocenters. The summed E-state index contributed by atoms with van der Waals surface area (Å²) in [5, 5.41) is 2.99. The predicted molar refractivity (Wildman–Crippen MR) is 93.4 cm³/mol. The van der Waals surface area contributed by atoms with Crippen molar-refractivity contribution in [2.45, 2.75) is 57.7 Å². The first-order chi connectivity index (χ1) is 11.5. The molecule has 0 saturated carbocycles. The summed E-state index contributed by atoms with van der Waals surface area (Å²) in [7, 11) is 0. The number of rotatable bonds is 5. The summed E-state index contributed by atoms with van der Waals surface area (Å²) in [6, 6.07) is 4.34. The van der Waals surface area contributed by atoms with Crippen LogP contribution < -0.4 is 5.32 Å². The van der Waals surface area contributed by atoms with Gasteiger partial charge in [-0.3, -0.25) is 14.7 Å². The molecule has 24 heavy (non-hydrogen) atoms. The van der Waals surface area contributed by atoms with Crippen molar-refractivity contribution in [1.82, 2.24) is 15.2 Å². The quantitative estimate of drug-likeness (QED) is 0.900. The van der Waals surface area contributed by atoms with E-state index >= 15 is 0 Å². The van der Waals surface area contributed by atoms with Crippen LogP contribution >= 0.6 is 0 Å². The molecule has 2 aliphatic rings. The zero-order valence-corrected chi connectivity index (χ0v) is 14.8. The number of amides is 1. The number of likely N-dealkylation sites (tertiary alicyclic amines) is 1. The smallest absolute Gasteiger partial charge is 0.220 e. The Morgan fingerprint density at radius 2 is 2.25 bits per heavy atom. The van der Waals surface area contributed by atoms with Gasteiger partial charge in [0.2, 0.25) is 5.91 Å². The molecule has 0 bridgehead atoms. The van der Waals surface area contributed by atoms with Gasteiger partial charge in [0.1, 0.15) is 0 Å². The van der Waals surface area contributed by atoms with Crippen molar-refractivity contribution in [2.75, 3.05) is 19.7 Å². The first-order valence-corrected chi connectivity index (χ1v) is 9.09. The molecule has 1 aromatic heterocycles. The highest BCUT2D eigenvalue weighted by Crippen LogP contribution is 2.39. The molecule has 0 aromatic carbocycles. The number of aromatic nitrogens is 1. The van der Waals surface area contributed by atoms with E-state index in [4.69, 9.17) is 4.74 Å². The molecule has 5 nitrogen and oxygen atoms in total. The van der Waals surface area contributed by atoms with Crippen molar-refractivity contribution < 1.29 is 9.53 Å². The van der Waals surface area contributed by atoms with Crippen LogP contribution in [0.15, 0.2) is 24.5 Å². The van der Waals surface area contributed by atoms with Gasteiger partial charge in [-0.15, -0.1) is 0 Å². The fourth-order valence-electron chi connectivity index (χ4n) is 3.93. The Morgan fingerprint density at radius 1 is 1.46 bits per heavy atom. The lowest BCUT2D eigenvalue weighted by Crippen LogP contribution is -2.43. The van der Waals surface area contributed by atoms with Crippen molar-refractivity contribution >= 4 is 5.91 Å². The zero-order valence-electron chi connectivity index (χ0n) is 14.8. The second-order valence-corrected chi connectivity index (χ2v) is 7.63. The van der Waals surface area contributed by atoms with Gasteiger partial charge in [-0.05, 0) is 50.7 Å². The van der Waals surface area contributed by atoms with Crippen molar-refractivity contribution in [3.8, 4) is 0 Å². The first-order valence-electron chi connectivity index (χ1n) is 9.09. The minimum atomic E-state index is 0.00815. The van der Waals surface area contributed by atoms with E-state index in [0.717, 1.165) is 45.5 Å². The van der Waals surface area contributed by atoms with Crippen LogP contribution in [-0.2, 0) is 16.1 Å². The lowest BCUT2D eigenvalue weighted by Gasteiger charge is -2.38. The second kappa shape index (κ2) is 7.62. The number of nitrogens with zero attached hydrogens (tertiary/aromatic N) is 2. The van der Waals surface area contributed by atoms with Gasteiger partial charge in [0, 0.05) is 44.5 Å². The van der Waals surface area contributed by atoms with Crippen LogP contribution in [-0.4, -0.2) is 47.1 Å². The first kappa shape index (κ1) is 17.4. The Labute approximate surface area is 144 Å². The Hall–Kier alpha value is -1.46. The van der Waals surface area contributed by atoms with Crippen LogP contribution in [0.1, 0.15) is 45.1 Å². The van der Waals surface area contributed by atoms with E-state index in [-0.39, 0.29) is 17.6 Å². The molecule has 1 aromatic rings. The zero-order chi connectivity index (χ0) is 17.0. The number of carbonyl (C=O) groups excluding carboxylic acids is 1. The Kier molecular flexibility index (Phi) is 5.51. The molecule has 1 amide bonds. The van der Waals surface area contributed by atoms with E-state index in [1.807, 2.05) is 32.3 Å². The van der Waals surface area contributed by atoms with E-state index in [0.29, 0.717) is 12.3 Å². The molecule has 132 valence electrons. The largest absolute Gasteiger partial charge is 0.375 e. The maximum atomic E-state index is 12.0. The Morgan fingerprint density at radius 3 is 2.92 bits per heavy atom. The number of pyridine rings is 1. The van der Waals surface area contributed by atoms with E-state index in [1.165, 1.54) is 5.56 Å². The molecule has 2 saturated heterocycles. The van der Waals surface area contributed by atoms with Crippen LogP contribution in [0, 0.1) is 5.92 Å². The minimum Gasteiger partial charge on any atom is -0.375 e. The average molecular weight is 331 g/mol. The van der Waals surface area contributed by atoms with Gasteiger partial charge < -0.3 is 10.1 Å². The van der Waals surface area contributed by atoms with Crippen molar-refractivity contribution in [1.29, 1.82) is 0 Å². The Bertz CT molecular complexity index is 539. The maximum Gasteiger partial charge on any atom is 0.220 e. The van der Waals surface area contributed by atoms with E-state index in [1.54, 1.807) is 0 Å². The third-order valence-corrected chi connectivity index (χ3v) is 5.11. The molecule has 3 heterocycles. The highest BCUT2D eigenvalue weighted by molar-refractivity contribution is 5.76. The molecule has 0 aliphatic carbocycles. The van der Waals surface area contributed by atoms with Crippen LogP contribution in [0.25, 0.3) is 0 Å². The van der Waals surface area contributed by atoms with Gasteiger partial charge in [-0.25, -0.2) is 0 Å². The normalized spacial score (nSPS) is 23.7. The molecule has 1 spiro atoms. The van der Waals surface area contributed by atoms with E-state index < -0.39 is 0 Å². The lowest BCUT2D eigenvalue weighted by molar-refractivity contribution is -0.122. The van der Waals surface area contributed by atoms with E-state index in [2.05, 4.69) is 21.3 Å².